The molecule has 0 aliphatic carbocycles. The fraction of sp³-hybridized carbons (Fsp3) is 0.471. The minimum atomic E-state index is 0.160. The van der Waals surface area contributed by atoms with Crippen LogP contribution in [0.25, 0.3) is 11.3 Å². The fourth-order valence-corrected chi connectivity index (χ4v) is 3.57. The van der Waals surface area contributed by atoms with Gasteiger partial charge in [0.15, 0.2) is 4.47 Å². The number of rotatable bonds is 5. The van der Waals surface area contributed by atoms with Gasteiger partial charge in [0.2, 0.25) is 0 Å². The molecule has 2 aromatic rings. The van der Waals surface area contributed by atoms with Gasteiger partial charge in [-0.1, -0.05) is 37.6 Å². The van der Waals surface area contributed by atoms with Crippen molar-refractivity contribution in [2.45, 2.75) is 47.1 Å². The van der Waals surface area contributed by atoms with E-state index in [1.165, 1.54) is 4.88 Å². The number of hydrogen-bond acceptors (Lipinski definition) is 3. The van der Waals surface area contributed by atoms with Gasteiger partial charge in [0, 0.05) is 10.4 Å². The van der Waals surface area contributed by atoms with E-state index in [0.717, 1.165) is 29.0 Å². The van der Waals surface area contributed by atoms with Gasteiger partial charge in [0.25, 0.3) is 0 Å². The van der Waals surface area contributed by atoms with Gasteiger partial charge >= 0.3 is 0 Å². The summed E-state index contributed by atoms with van der Waals surface area (Å²) in [4.78, 5) is 5.76. The van der Waals surface area contributed by atoms with Gasteiger partial charge in [-0.25, -0.2) is 4.98 Å². The maximum absolute atomic E-state index is 6.13. The van der Waals surface area contributed by atoms with Crippen molar-refractivity contribution in [3.05, 3.63) is 33.1 Å². The fourth-order valence-electron chi connectivity index (χ4n) is 2.19. The van der Waals surface area contributed by atoms with Crippen molar-refractivity contribution in [2.75, 3.05) is 0 Å². The van der Waals surface area contributed by atoms with Crippen LogP contribution in [0.2, 0.25) is 4.47 Å². The third-order valence-electron chi connectivity index (χ3n) is 3.09. The Balaban J connectivity index is 2.42. The van der Waals surface area contributed by atoms with Crippen LogP contribution in [0.1, 0.15) is 38.1 Å². The van der Waals surface area contributed by atoms with Crippen molar-refractivity contribution in [1.82, 2.24) is 4.98 Å². The molecule has 2 nitrogen and oxygen atoms in total. The third-order valence-corrected chi connectivity index (χ3v) is 4.27. The summed E-state index contributed by atoms with van der Waals surface area (Å²) < 4.78 is 6.48. The normalized spacial score (nSPS) is 11.4. The maximum atomic E-state index is 6.13. The lowest BCUT2D eigenvalue weighted by Crippen LogP contribution is -2.06. The average Bonchev–Trinajstić information content (AvgIpc) is 2.71. The molecule has 0 N–H and O–H groups in total. The highest BCUT2D eigenvalue weighted by Crippen LogP contribution is 2.35. The van der Waals surface area contributed by atoms with Gasteiger partial charge in [-0.2, -0.15) is 0 Å². The van der Waals surface area contributed by atoms with Gasteiger partial charge < -0.3 is 4.74 Å². The molecule has 0 aliphatic heterocycles. The first-order valence-corrected chi connectivity index (χ1v) is 8.49. The molecular formula is C17H22ClNOS. The molecular weight excluding hydrogens is 302 g/mol. The smallest absolute Gasteiger partial charge is 0.184 e. The predicted molar refractivity (Wildman–Crippen MR) is 91.6 cm³/mol. The van der Waals surface area contributed by atoms with E-state index in [1.807, 2.05) is 13.8 Å². The maximum Gasteiger partial charge on any atom is 0.184 e. The Morgan fingerprint density at radius 2 is 1.95 bits per heavy atom. The lowest BCUT2D eigenvalue weighted by Gasteiger charge is -2.14. The molecule has 2 rings (SSSR count). The molecule has 1 heterocycles. The Morgan fingerprint density at radius 3 is 2.57 bits per heavy atom. The molecule has 1 aromatic carbocycles. The van der Waals surface area contributed by atoms with Crippen LogP contribution in [-0.4, -0.2) is 11.1 Å². The topological polar surface area (TPSA) is 22.1 Å². The second-order valence-corrected chi connectivity index (χ2v) is 7.65. The van der Waals surface area contributed by atoms with E-state index in [4.69, 9.17) is 16.3 Å². The lowest BCUT2D eigenvalue weighted by molar-refractivity contribution is 0.241. The number of ether oxygens (including phenoxy) is 1. The molecule has 114 valence electrons. The van der Waals surface area contributed by atoms with Crippen LogP contribution in [0.15, 0.2) is 18.2 Å². The van der Waals surface area contributed by atoms with Gasteiger partial charge in [-0.15, -0.1) is 11.3 Å². The van der Waals surface area contributed by atoms with E-state index < -0.39 is 0 Å². The van der Waals surface area contributed by atoms with Gasteiger partial charge in [0.05, 0.1) is 11.8 Å². The SMILES string of the molecule is Cc1ccc(-c2nc(Cl)sc2CC(C)C)cc1OC(C)C. The van der Waals surface area contributed by atoms with Crippen molar-refractivity contribution in [2.24, 2.45) is 5.92 Å². The molecule has 0 aliphatic rings. The highest BCUT2D eigenvalue weighted by molar-refractivity contribution is 7.16. The second kappa shape index (κ2) is 6.80. The number of hydrogen-bond donors (Lipinski definition) is 0. The van der Waals surface area contributed by atoms with Crippen molar-refractivity contribution >= 4 is 22.9 Å². The van der Waals surface area contributed by atoms with Crippen LogP contribution in [0, 0.1) is 12.8 Å². The molecule has 0 unspecified atom stereocenters. The summed E-state index contributed by atoms with van der Waals surface area (Å²) in [7, 11) is 0. The number of aryl methyl sites for hydroxylation is 1. The summed E-state index contributed by atoms with van der Waals surface area (Å²) in [5.74, 6) is 1.50. The standard InChI is InChI=1S/C17H22ClNOS/c1-10(2)8-15-16(19-17(18)21-15)13-7-6-12(5)14(9-13)20-11(3)4/h6-7,9-11H,8H2,1-5H3. The van der Waals surface area contributed by atoms with Crippen LogP contribution >= 0.6 is 22.9 Å². The minimum Gasteiger partial charge on any atom is -0.491 e. The van der Waals surface area contributed by atoms with E-state index in [0.29, 0.717) is 10.4 Å². The van der Waals surface area contributed by atoms with Crippen LogP contribution in [0.3, 0.4) is 0 Å². The van der Waals surface area contributed by atoms with Crippen LogP contribution in [0.5, 0.6) is 5.75 Å². The predicted octanol–water partition coefficient (Wildman–Crippen LogP) is 5.76. The summed E-state index contributed by atoms with van der Waals surface area (Å²) in [6, 6.07) is 6.25. The first-order chi connectivity index (χ1) is 9.86. The summed E-state index contributed by atoms with van der Waals surface area (Å²) in [6.07, 6.45) is 1.15. The molecule has 0 radical (unpaired) electrons. The first-order valence-electron chi connectivity index (χ1n) is 7.29. The summed E-state index contributed by atoms with van der Waals surface area (Å²) in [5, 5.41) is 0. The number of benzene rings is 1. The zero-order valence-electron chi connectivity index (χ0n) is 13.2. The molecule has 1 aromatic heterocycles. The lowest BCUT2D eigenvalue weighted by atomic mass is 10.0. The monoisotopic (exact) mass is 323 g/mol. The quantitative estimate of drug-likeness (QED) is 0.698. The Morgan fingerprint density at radius 1 is 1.24 bits per heavy atom. The highest BCUT2D eigenvalue weighted by Gasteiger charge is 2.15. The largest absolute Gasteiger partial charge is 0.491 e. The Hall–Kier alpha value is -1.06. The summed E-state index contributed by atoms with van der Waals surface area (Å²) >= 11 is 7.71. The minimum absolute atomic E-state index is 0.160. The zero-order valence-corrected chi connectivity index (χ0v) is 14.8. The number of halogens is 1. The second-order valence-electron chi connectivity index (χ2n) is 5.98. The van der Waals surface area contributed by atoms with E-state index in [2.05, 4.69) is 44.0 Å². The average molecular weight is 324 g/mol. The van der Waals surface area contributed by atoms with Gasteiger partial charge in [0.1, 0.15) is 5.75 Å². The number of nitrogens with zero attached hydrogens (tertiary/aromatic N) is 1. The van der Waals surface area contributed by atoms with Crippen molar-refractivity contribution in [3.8, 4) is 17.0 Å². The molecule has 0 fully saturated rings. The molecule has 0 bridgehead atoms. The molecule has 0 atom stereocenters. The molecule has 0 amide bonds. The Bertz CT molecular complexity index is 619. The highest BCUT2D eigenvalue weighted by atomic mass is 35.5. The number of thiazole rings is 1. The summed E-state index contributed by atoms with van der Waals surface area (Å²) in [5.41, 5.74) is 3.21. The van der Waals surface area contributed by atoms with Crippen molar-refractivity contribution in [1.29, 1.82) is 0 Å². The van der Waals surface area contributed by atoms with Crippen molar-refractivity contribution in [3.63, 3.8) is 0 Å². The van der Waals surface area contributed by atoms with E-state index in [9.17, 15) is 0 Å². The van der Waals surface area contributed by atoms with E-state index in [-0.39, 0.29) is 6.10 Å². The summed E-state index contributed by atoms with van der Waals surface area (Å²) in [6.45, 7) is 10.6. The Labute approximate surface area is 136 Å². The van der Waals surface area contributed by atoms with E-state index in [1.54, 1.807) is 11.3 Å². The van der Waals surface area contributed by atoms with Crippen LogP contribution < -0.4 is 4.74 Å². The van der Waals surface area contributed by atoms with Crippen LogP contribution in [-0.2, 0) is 6.42 Å². The molecule has 21 heavy (non-hydrogen) atoms. The van der Waals surface area contributed by atoms with Gasteiger partial charge in [-0.05, 0) is 44.7 Å². The van der Waals surface area contributed by atoms with Crippen LogP contribution in [0.4, 0.5) is 0 Å². The molecule has 0 saturated heterocycles. The number of aromatic nitrogens is 1. The molecule has 0 spiro atoms. The molecule has 4 heteroatoms. The zero-order chi connectivity index (χ0) is 15.6. The Kier molecular flexibility index (Phi) is 5.28. The third kappa shape index (κ3) is 4.21. The van der Waals surface area contributed by atoms with Gasteiger partial charge in [-0.3, -0.25) is 0 Å². The molecule has 0 saturated carbocycles. The van der Waals surface area contributed by atoms with E-state index >= 15 is 0 Å². The van der Waals surface area contributed by atoms with Crippen molar-refractivity contribution < 1.29 is 4.74 Å². The first kappa shape index (κ1) is 16.3.